The van der Waals surface area contributed by atoms with Crippen molar-refractivity contribution in [2.45, 2.75) is 31.9 Å². The fourth-order valence-electron chi connectivity index (χ4n) is 4.86. The molecule has 0 atom stereocenters. The van der Waals surface area contributed by atoms with E-state index >= 15 is 0 Å². The van der Waals surface area contributed by atoms with Crippen molar-refractivity contribution in [3.05, 3.63) is 89.5 Å². The average Bonchev–Trinajstić information content (AvgIpc) is 3.17. The maximum atomic E-state index is 11.1. The monoisotopic (exact) mass is 454 g/mol. The zero-order valence-electron chi connectivity index (χ0n) is 19.3. The van der Waals surface area contributed by atoms with E-state index in [1.54, 1.807) is 6.07 Å². The Morgan fingerprint density at radius 1 is 1.03 bits per heavy atom. The van der Waals surface area contributed by atoms with Crippen molar-refractivity contribution in [1.82, 2.24) is 9.88 Å². The van der Waals surface area contributed by atoms with Crippen LogP contribution in [0.25, 0.3) is 10.9 Å². The number of nitrogens with zero attached hydrogens (tertiary/aromatic N) is 2. The Bertz CT molecular complexity index is 1320. The number of aliphatic imine (C=N–C) groups is 1. The van der Waals surface area contributed by atoms with E-state index in [4.69, 9.17) is 10.7 Å². The molecule has 0 bridgehead atoms. The number of H-pyrrole nitrogens is 1. The molecular formula is C28H30N4O2. The molecule has 1 aliphatic heterocycles. The van der Waals surface area contributed by atoms with Gasteiger partial charge < -0.3 is 20.9 Å². The number of anilines is 1. The molecule has 3 aromatic carbocycles. The van der Waals surface area contributed by atoms with Gasteiger partial charge in [0.25, 0.3) is 0 Å². The fourth-order valence-corrected chi connectivity index (χ4v) is 4.86. The number of aromatic hydroxyl groups is 1. The maximum absolute atomic E-state index is 11.1. The van der Waals surface area contributed by atoms with Crippen LogP contribution in [0.4, 0.5) is 11.4 Å². The number of nitrogens with one attached hydrogen (secondary N) is 1. The molecule has 1 aromatic heterocycles. The number of likely N-dealkylation sites (tertiary alicyclic amines) is 1. The van der Waals surface area contributed by atoms with Crippen molar-refractivity contribution in [3.8, 4) is 5.88 Å². The lowest BCUT2D eigenvalue weighted by molar-refractivity contribution is -0.0277. The summed E-state index contributed by atoms with van der Waals surface area (Å²) in [6.45, 7) is 4.44. The van der Waals surface area contributed by atoms with Crippen LogP contribution in [0.2, 0.25) is 0 Å². The molecule has 0 radical (unpaired) electrons. The molecule has 34 heavy (non-hydrogen) atoms. The lowest BCUT2D eigenvalue weighted by atomic mass is 9.84. The van der Waals surface area contributed by atoms with Crippen molar-refractivity contribution < 1.29 is 10.2 Å². The Labute approximate surface area is 199 Å². The molecule has 5 rings (SSSR count). The highest BCUT2D eigenvalue weighted by molar-refractivity contribution is 6.13. The van der Waals surface area contributed by atoms with Crippen LogP contribution in [0.1, 0.15) is 36.5 Å². The number of benzene rings is 3. The third-order valence-electron chi connectivity index (χ3n) is 6.80. The molecule has 2 heterocycles. The first kappa shape index (κ1) is 22.2. The topological polar surface area (TPSA) is 97.9 Å². The quantitative estimate of drug-likeness (QED) is 0.250. The van der Waals surface area contributed by atoms with Crippen LogP contribution in [0, 0.1) is 0 Å². The molecule has 1 fully saturated rings. The number of rotatable bonds is 5. The van der Waals surface area contributed by atoms with Crippen LogP contribution in [-0.2, 0) is 12.1 Å². The van der Waals surface area contributed by atoms with Gasteiger partial charge in [0.15, 0.2) is 5.88 Å². The molecule has 6 heteroatoms. The first-order chi connectivity index (χ1) is 16.4. The molecule has 0 unspecified atom stereocenters. The lowest BCUT2D eigenvalue weighted by Crippen LogP contribution is -2.42. The van der Waals surface area contributed by atoms with E-state index in [0.717, 1.165) is 60.3 Å². The summed E-state index contributed by atoms with van der Waals surface area (Å²) < 4.78 is 0. The predicted molar refractivity (Wildman–Crippen MR) is 138 cm³/mol. The van der Waals surface area contributed by atoms with Gasteiger partial charge in [-0.2, -0.15) is 0 Å². The van der Waals surface area contributed by atoms with Gasteiger partial charge in [0, 0.05) is 36.2 Å². The summed E-state index contributed by atoms with van der Waals surface area (Å²) in [7, 11) is 0. The number of aromatic nitrogens is 1. The van der Waals surface area contributed by atoms with Crippen LogP contribution in [0.5, 0.6) is 5.88 Å². The van der Waals surface area contributed by atoms with Gasteiger partial charge in [0.05, 0.1) is 22.6 Å². The number of aliphatic hydroxyl groups is 1. The number of fused-ring (bicyclic) bond motifs is 1. The van der Waals surface area contributed by atoms with Gasteiger partial charge in [-0.15, -0.1) is 0 Å². The molecule has 0 saturated carbocycles. The lowest BCUT2D eigenvalue weighted by Gasteiger charge is -2.38. The highest BCUT2D eigenvalue weighted by Gasteiger charge is 2.33. The van der Waals surface area contributed by atoms with Crippen LogP contribution in [0.15, 0.2) is 77.8 Å². The standard InChI is InChI=1S/C28H30N4O2/c1-19(26-24-17-22(29)9-12-25(24)31-27(26)33)30-23-10-7-20(8-11-23)18-32-15-13-28(34,14-16-32)21-5-3-2-4-6-21/h2-12,17,31,33-34H,13-16,18,29H2,1H3. The molecule has 0 spiro atoms. The van der Waals surface area contributed by atoms with Crippen molar-refractivity contribution in [1.29, 1.82) is 0 Å². The smallest absolute Gasteiger partial charge is 0.198 e. The second kappa shape index (κ2) is 8.97. The van der Waals surface area contributed by atoms with Crippen molar-refractivity contribution >= 4 is 28.0 Å². The minimum atomic E-state index is -0.730. The van der Waals surface area contributed by atoms with Crippen molar-refractivity contribution in [3.63, 3.8) is 0 Å². The molecule has 174 valence electrons. The van der Waals surface area contributed by atoms with Crippen LogP contribution in [-0.4, -0.2) is 38.9 Å². The molecule has 6 nitrogen and oxygen atoms in total. The van der Waals surface area contributed by atoms with E-state index in [1.165, 1.54) is 5.56 Å². The van der Waals surface area contributed by atoms with E-state index < -0.39 is 5.60 Å². The largest absolute Gasteiger partial charge is 0.494 e. The number of nitrogens with two attached hydrogens (primary N) is 1. The third kappa shape index (κ3) is 4.42. The molecule has 0 aliphatic carbocycles. The molecule has 0 amide bonds. The zero-order chi connectivity index (χ0) is 23.7. The Kier molecular flexibility index (Phi) is 5.86. The van der Waals surface area contributed by atoms with Gasteiger partial charge in [0.2, 0.25) is 0 Å². The number of nitrogen functional groups attached to an aromatic ring is 1. The third-order valence-corrected chi connectivity index (χ3v) is 6.80. The molecule has 4 aromatic rings. The molecule has 1 aliphatic rings. The average molecular weight is 455 g/mol. The second-order valence-electron chi connectivity index (χ2n) is 9.19. The first-order valence-electron chi connectivity index (χ1n) is 11.7. The van der Waals surface area contributed by atoms with Crippen LogP contribution in [0.3, 0.4) is 0 Å². The molecule has 1 saturated heterocycles. The Hall–Kier alpha value is -3.61. The van der Waals surface area contributed by atoms with E-state index in [9.17, 15) is 10.2 Å². The van der Waals surface area contributed by atoms with Gasteiger partial charge in [-0.1, -0.05) is 42.5 Å². The molecule has 5 N–H and O–H groups in total. The number of hydrogen-bond acceptors (Lipinski definition) is 5. The normalized spacial score (nSPS) is 16.7. The van der Waals surface area contributed by atoms with E-state index in [1.807, 2.05) is 61.5 Å². The summed E-state index contributed by atoms with van der Waals surface area (Å²) >= 11 is 0. The van der Waals surface area contributed by atoms with Gasteiger partial charge in [0.1, 0.15) is 0 Å². The summed E-state index contributed by atoms with van der Waals surface area (Å²) in [4.78, 5) is 10.1. The SMILES string of the molecule is CC(=Nc1ccc(CN2CCC(O)(c3ccccc3)CC2)cc1)c1c(O)[nH]c2ccc(N)cc12. The van der Waals surface area contributed by atoms with Crippen molar-refractivity contribution in [2.24, 2.45) is 4.99 Å². The van der Waals surface area contributed by atoms with Gasteiger partial charge in [-0.3, -0.25) is 9.89 Å². The van der Waals surface area contributed by atoms with Crippen LogP contribution < -0.4 is 5.73 Å². The Morgan fingerprint density at radius 2 is 1.74 bits per heavy atom. The Balaban J connectivity index is 1.26. The maximum Gasteiger partial charge on any atom is 0.198 e. The first-order valence-corrected chi connectivity index (χ1v) is 11.7. The number of piperidine rings is 1. The Morgan fingerprint density at radius 3 is 2.44 bits per heavy atom. The minimum Gasteiger partial charge on any atom is -0.494 e. The summed E-state index contributed by atoms with van der Waals surface area (Å²) in [5, 5.41) is 22.3. The summed E-state index contributed by atoms with van der Waals surface area (Å²) in [6, 6.07) is 23.7. The highest BCUT2D eigenvalue weighted by Crippen LogP contribution is 2.33. The van der Waals surface area contributed by atoms with Crippen LogP contribution >= 0.6 is 0 Å². The van der Waals surface area contributed by atoms with E-state index in [0.29, 0.717) is 11.3 Å². The fraction of sp³-hybridized carbons (Fsp3) is 0.250. The van der Waals surface area contributed by atoms with E-state index in [2.05, 4.69) is 22.0 Å². The predicted octanol–water partition coefficient (Wildman–Crippen LogP) is 5.08. The second-order valence-corrected chi connectivity index (χ2v) is 9.19. The van der Waals surface area contributed by atoms with Gasteiger partial charge in [-0.25, -0.2) is 0 Å². The highest BCUT2D eigenvalue weighted by atomic mass is 16.3. The summed E-state index contributed by atoms with van der Waals surface area (Å²) in [5.41, 5.74) is 11.1. The van der Waals surface area contributed by atoms with Gasteiger partial charge >= 0.3 is 0 Å². The summed E-state index contributed by atoms with van der Waals surface area (Å²) in [6.07, 6.45) is 1.47. The van der Waals surface area contributed by atoms with Crippen molar-refractivity contribution in [2.75, 3.05) is 18.8 Å². The van der Waals surface area contributed by atoms with Gasteiger partial charge in [-0.05, 0) is 61.2 Å². The number of hydrogen-bond donors (Lipinski definition) is 4. The minimum absolute atomic E-state index is 0.0963. The number of aromatic amines is 1. The van der Waals surface area contributed by atoms with E-state index in [-0.39, 0.29) is 5.88 Å². The molecular weight excluding hydrogens is 424 g/mol. The zero-order valence-corrected chi connectivity index (χ0v) is 19.3. The summed E-state index contributed by atoms with van der Waals surface area (Å²) in [5.74, 6) is 0.0963.